The zero-order valence-corrected chi connectivity index (χ0v) is 10.9. The van der Waals surface area contributed by atoms with Crippen molar-refractivity contribution in [1.82, 2.24) is 9.97 Å². The molecule has 8 heteroatoms. The molecule has 0 fully saturated rings. The Morgan fingerprint density at radius 3 is 2.65 bits per heavy atom. The van der Waals surface area contributed by atoms with Gasteiger partial charge in [0.1, 0.15) is 17.3 Å². The van der Waals surface area contributed by atoms with E-state index < -0.39 is 6.61 Å². The smallest absolute Gasteiger partial charge is 0.387 e. The number of aromatic amines is 1. The summed E-state index contributed by atoms with van der Waals surface area (Å²) >= 11 is 4.81. The van der Waals surface area contributed by atoms with Gasteiger partial charge in [0.15, 0.2) is 4.77 Å². The van der Waals surface area contributed by atoms with Crippen molar-refractivity contribution in [3.05, 3.63) is 40.8 Å². The van der Waals surface area contributed by atoms with Crippen LogP contribution in [0.2, 0.25) is 0 Å². The lowest BCUT2D eigenvalue weighted by Crippen LogP contribution is -2.01. The van der Waals surface area contributed by atoms with E-state index in [1.54, 1.807) is 12.1 Å². The maximum Gasteiger partial charge on any atom is 0.387 e. The third kappa shape index (κ3) is 3.82. The number of nitrogens with two attached hydrogens (primary N) is 1. The lowest BCUT2D eigenvalue weighted by molar-refractivity contribution is -0.0498. The number of ether oxygens (including phenoxy) is 1. The summed E-state index contributed by atoms with van der Waals surface area (Å²) in [6.45, 7) is -2.84. The van der Waals surface area contributed by atoms with Crippen LogP contribution >= 0.6 is 12.2 Å². The summed E-state index contributed by atoms with van der Waals surface area (Å²) in [5.74, 6) is 0.390. The molecule has 2 aromatic rings. The minimum atomic E-state index is -2.84. The van der Waals surface area contributed by atoms with Crippen molar-refractivity contribution in [2.24, 2.45) is 4.99 Å². The predicted octanol–water partition coefficient (Wildman–Crippen LogP) is 3.07. The first-order valence-electron chi connectivity index (χ1n) is 5.48. The lowest BCUT2D eigenvalue weighted by atomic mass is 10.2. The SMILES string of the molecule is Nc1[nH]c(=S)ncc1N=Cc1ccc(OC(F)F)cc1. The summed E-state index contributed by atoms with van der Waals surface area (Å²) in [5, 5.41) is 0. The number of H-pyrrole nitrogens is 1. The Kier molecular flexibility index (Phi) is 4.36. The average molecular weight is 296 g/mol. The van der Waals surface area contributed by atoms with Crippen LogP contribution in [0.3, 0.4) is 0 Å². The number of rotatable bonds is 4. The van der Waals surface area contributed by atoms with Crippen LogP contribution in [0, 0.1) is 4.77 Å². The fourth-order valence-corrected chi connectivity index (χ4v) is 1.55. The van der Waals surface area contributed by atoms with E-state index in [2.05, 4.69) is 19.7 Å². The number of hydrogen-bond acceptors (Lipinski definition) is 5. The summed E-state index contributed by atoms with van der Waals surface area (Å²) in [6.07, 6.45) is 2.97. The van der Waals surface area contributed by atoms with Gasteiger partial charge in [0.05, 0.1) is 6.20 Å². The van der Waals surface area contributed by atoms with Crippen LogP contribution in [-0.2, 0) is 0 Å². The molecule has 0 saturated carbocycles. The summed E-state index contributed by atoms with van der Waals surface area (Å²) in [5.41, 5.74) is 6.82. The quantitative estimate of drug-likeness (QED) is 0.671. The Morgan fingerprint density at radius 2 is 2.05 bits per heavy atom. The van der Waals surface area contributed by atoms with Crippen LogP contribution < -0.4 is 10.5 Å². The van der Waals surface area contributed by atoms with Crippen molar-refractivity contribution >= 4 is 29.9 Å². The van der Waals surface area contributed by atoms with Crippen molar-refractivity contribution in [3.63, 3.8) is 0 Å². The summed E-state index contributed by atoms with van der Waals surface area (Å²) < 4.78 is 28.5. The molecule has 0 spiro atoms. The highest BCUT2D eigenvalue weighted by atomic mass is 32.1. The molecule has 1 aromatic carbocycles. The number of aliphatic imine (C=N–C) groups is 1. The van der Waals surface area contributed by atoms with Gasteiger partial charge >= 0.3 is 6.61 Å². The number of nitrogen functional groups attached to an aromatic ring is 1. The molecule has 3 N–H and O–H groups in total. The molecule has 2 rings (SSSR count). The lowest BCUT2D eigenvalue weighted by Gasteiger charge is -2.03. The Morgan fingerprint density at radius 1 is 1.35 bits per heavy atom. The van der Waals surface area contributed by atoms with Gasteiger partial charge in [-0.15, -0.1) is 0 Å². The third-order valence-corrected chi connectivity index (χ3v) is 2.49. The molecule has 1 aromatic heterocycles. The van der Waals surface area contributed by atoms with Gasteiger partial charge in [-0.3, -0.25) is 4.99 Å². The fraction of sp³-hybridized carbons (Fsp3) is 0.0833. The van der Waals surface area contributed by atoms with E-state index in [1.165, 1.54) is 24.5 Å². The predicted molar refractivity (Wildman–Crippen MR) is 74.2 cm³/mol. The molecule has 0 radical (unpaired) electrons. The van der Waals surface area contributed by atoms with Gasteiger partial charge in [0.2, 0.25) is 0 Å². The standard InChI is InChI=1S/C12H10F2N4OS/c13-11(14)19-8-3-1-7(2-4-8)5-16-9-6-17-12(20)18-10(9)15/h1-6,11H,(H3,15,17,18,20). The first-order valence-corrected chi connectivity index (χ1v) is 5.89. The van der Waals surface area contributed by atoms with E-state index in [0.717, 1.165) is 0 Å². The second-order valence-corrected chi connectivity index (χ2v) is 4.08. The van der Waals surface area contributed by atoms with Crippen LogP contribution in [0.15, 0.2) is 35.5 Å². The molecule has 0 atom stereocenters. The number of nitrogens with one attached hydrogen (secondary N) is 1. The second-order valence-electron chi connectivity index (χ2n) is 3.69. The van der Waals surface area contributed by atoms with Gasteiger partial charge in [-0.2, -0.15) is 8.78 Å². The third-order valence-electron chi connectivity index (χ3n) is 2.28. The monoisotopic (exact) mass is 296 g/mol. The van der Waals surface area contributed by atoms with Crippen molar-refractivity contribution < 1.29 is 13.5 Å². The zero-order chi connectivity index (χ0) is 14.5. The number of aromatic nitrogens is 2. The van der Waals surface area contributed by atoms with E-state index in [9.17, 15) is 8.78 Å². The van der Waals surface area contributed by atoms with E-state index in [1.807, 2.05) is 0 Å². The molecule has 104 valence electrons. The zero-order valence-electron chi connectivity index (χ0n) is 10.1. The summed E-state index contributed by atoms with van der Waals surface area (Å²) in [6, 6.07) is 6.03. The Labute approximate surface area is 118 Å². The number of nitrogens with zero attached hydrogens (tertiary/aromatic N) is 2. The molecule has 0 amide bonds. The molecule has 1 heterocycles. The van der Waals surface area contributed by atoms with E-state index in [4.69, 9.17) is 18.0 Å². The number of hydrogen-bond donors (Lipinski definition) is 2. The summed E-state index contributed by atoms with van der Waals surface area (Å²) in [4.78, 5) is 10.7. The van der Waals surface area contributed by atoms with Gasteiger partial charge in [-0.05, 0) is 42.0 Å². The maximum absolute atomic E-state index is 12.0. The first-order chi connectivity index (χ1) is 9.54. The number of benzene rings is 1. The molecular weight excluding hydrogens is 286 g/mol. The highest BCUT2D eigenvalue weighted by Crippen LogP contribution is 2.18. The molecule has 0 unspecified atom stereocenters. The molecule has 0 aliphatic rings. The van der Waals surface area contributed by atoms with Crippen molar-refractivity contribution in [2.45, 2.75) is 6.61 Å². The molecular formula is C12H10F2N4OS. The number of alkyl halides is 2. The fourth-order valence-electron chi connectivity index (χ4n) is 1.38. The normalized spacial score (nSPS) is 11.2. The van der Waals surface area contributed by atoms with Crippen LogP contribution in [0.25, 0.3) is 0 Å². The van der Waals surface area contributed by atoms with Gasteiger partial charge in [0, 0.05) is 6.21 Å². The first kappa shape index (κ1) is 14.1. The van der Waals surface area contributed by atoms with Crippen molar-refractivity contribution in [2.75, 3.05) is 5.73 Å². The molecule has 5 nitrogen and oxygen atoms in total. The van der Waals surface area contributed by atoms with Crippen molar-refractivity contribution in [1.29, 1.82) is 0 Å². The molecule has 0 saturated heterocycles. The molecule has 0 aliphatic carbocycles. The van der Waals surface area contributed by atoms with Gasteiger partial charge < -0.3 is 15.5 Å². The molecule has 0 bridgehead atoms. The van der Waals surface area contributed by atoms with Crippen LogP contribution in [0.1, 0.15) is 5.56 Å². The highest BCUT2D eigenvalue weighted by Gasteiger charge is 2.03. The largest absolute Gasteiger partial charge is 0.435 e. The van der Waals surface area contributed by atoms with Gasteiger partial charge in [-0.1, -0.05) is 0 Å². The minimum Gasteiger partial charge on any atom is -0.435 e. The topological polar surface area (TPSA) is 76.3 Å². The Bertz CT molecular complexity index is 670. The van der Waals surface area contributed by atoms with Gasteiger partial charge in [0.25, 0.3) is 0 Å². The molecule has 0 aliphatic heterocycles. The molecule has 20 heavy (non-hydrogen) atoms. The Hall–Kier alpha value is -2.35. The van der Waals surface area contributed by atoms with Crippen LogP contribution in [0.4, 0.5) is 20.3 Å². The number of anilines is 1. The number of halogens is 2. The maximum atomic E-state index is 12.0. The van der Waals surface area contributed by atoms with E-state index >= 15 is 0 Å². The minimum absolute atomic E-state index is 0.0853. The summed E-state index contributed by atoms with van der Waals surface area (Å²) in [7, 11) is 0. The van der Waals surface area contributed by atoms with Crippen LogP contribution in [0.5, 0.6) is 5.75 Å². The average Bonchev–Trinajstić information content (AvgIpc) is 2.39. The second kappa shape index (κ2) is 6.20. The van der Waals surface area contributed by atoms with E-state index in [-0.39, 0.29) is 10.5 Å². The van der Waals surface area contributed by atoms with Crippen molar-refractivity contribution in [3.8, 4) is 5.75 Å². The van der Waals surface area contributed by atoms with Crippen LogP contribution in [-0.4, -0.2) is 22.8 Å². The highest BCUT2D eigenvalue weighted by molar-refractivity contribution is 7.71. The Balaban J connectivity index is 2.13. The van der Waals surface area contributed by atoms with Gasteiger partial charge in [-0.25, -0.2) is 4.98 Å². The van der Waals surface area contributed by atoms with E-state index in [0.29, 0.717) is 17.1 Å².